The van der Waals surface area contributed by atoms with E-state index in [9.17, 15) is 0 Å². The number of rotatable bonds is 4. The van der Waals surface area contributed by atoms with E-state index in [1.807, 2.05) is 11.3 Å². The van der Waals surface area contributed by atoms with Gasteiger partial charge in [-0.05, 0) is 57.4 Å². The van der Waals surface area contributed by atoms with E-state index in [2.05, 4.69) is 24.1 Å². The molecule has 3 nitrogen and oxygen atoms in total. The summed E-state index contributed by atoms with van der Waals surface area (Å²) in [6.07, 6.45) is 8.98. The minimum Gasteiger partial charge on any atom is -0.348 e. The van der Waals surface area contributed by atoms with Crippen LogP contribution in [0.3, 0.4) is 0 Å². The lowest BCUT2D eigenvalue weighted by molar-refractivity contribution is 0.464. The topological polar surface area (TPSA) is 28.2 Å². The zero-order chi connectivity index (χ0) is 14.7. The van der Waals surface area contributed by atoms with Gasteiger partial charge in [0, 0.05) is 24.0 Å². The van der Waals surface area contributed by atoms with Gasteiger partial charge in [-0.15, -0.1) is 0 Å². The average Bonchev–Trinajstić information content (AvgIpc) is 2.81. The lowest BCUT2D eigenvalue weighted by Gasteiger charge is -2.22. The number of fused-ring (bicyclic) bond motifs is 1. The number of aromatic nitrogens is 1. The van der Waals surface area contributed by atoms with Gasteiger partial charge >= 0.3 is 0 Å². The Labute approximate surface area is 133 Å². The Hall–Kier alpha value is -0.610. The average molecular weight is 308 g/mol. The summed E-state index contributed by atoms with van der Waals surface area (Å²) < 4.78 is 0. The maximum atomic E-state index is 5.00. The van der Waals surface area contributed by atoms with Crippen LogP contribution in [-0.4, -0.2) is 24.6 Å². The van der Waals surface area contributed by atoms with Crippen LogP contribution in [0.5, 0.6) is 0 Å². The summed E-state index contributed by atoms with van der Waals surface area (Å²) >= 11 is 1.96. The molecular formula is C17H29N3S. The van der Waals surface area contributed by atoms with Crippen LogP contribution in [0.25, 0.3) is 0 Å². The molecule has 1 aromatic rings. The van der Waals surface area contributed by atoms with Gasteiger partial charge in [0.2, 0.25) is 0 Å². The second-order valence-corrected chi connectivity index (χ2v) is 7.74. The van der Waals surface area contributed by atoms with E-state index in [1.54, 1.807) is 0 Å². The molecular weight excluding hydrogens is 278 g/mol. The molecule has 0 aromatic carbocycles. The van der Waals surface area contributed by atoms with E-state index in [4.69, 9.17) is 4.98 Å². The number of aryl methyl sites for hydroxylation is 1. The van der Waals surface area contributed by atoms with Crippen molar-refractivity contribution in [2.75, 3.05) is 24.5 Å². The summed E-state index contributed by atoms with van der Waals surface area (Å²) in [5, 5.41) is 5.01. The highest BCUT2D eigenvalue weighted by Gasteiger charge is 2.26. The Morgan fingerprint density at radius 3 is 3.00 bits per heavy atom. The maximum Gasteiger partial charge on any atom is 0.185 e. The molecule has 118 valence electrons. The minimum atomic E-state index is 0.561. The predicted octanol–water partition coefficient (Wildman–Crippen LogP) is 4.15. The van der Waals surface area contributed by atoms with Crippen molar-refractivity contribution in [2.45, 2.75) is 64.8 Å². The Bertz CT molecular complexity index is 457. The van der Waals surface area contributed by atoms with Gasteiger partial charge in [0.15, 0.2) is 5.13 Å². The highest BCUT2D eigenvalue weighted by atomic mass is 32.1. The fourth-order valence-electron chi connectivity index (χ4n) is 3.51. The number of nitrogens with zero attached hydrogens (tertiary/aromatic N) is 2. The van der Waals surface area contributed by atoms with E-state index in [1.165, 1.54) is 73.7 Å². The fourth-order valence-corrected chi connectivity index (χ4v) is 4.78. The van der Waals surface area contributed by atoms with Gasteiger partial charge < -0.3 is 10.2 Å². The Balaban J connectivity index is 1.74. The minimum absolute atomic E-state index is 0.561. The summed E-state index contributed by atoms with van der Waals surface area (Å²) in [5.41, 5.74) is 1.38. The monoisotopic (exact) mass is 307 g/mol. The van der Waals surface area contributed by atoms with E-state index >= 15 is 0 Å². The number of nitrogens with one attached hydrogen (secondary N) is 1. The van der Waals surface area contributed by atoms with Crippen molar-refractivity contribution in [2.24, 2.45) is 5.92 Å². The molecule has 0 radical (unpaired) electrons. The second kappa shape index (κ2) is 7.10. The third-order valence-corrected chi connectivity index (χ3v) is 6.14. The van der Waals surface area contributed by atoms with Crippen molar-refractivity contribution in [3.63, 3.8) is 0 Å². The van der Waals surface area contributed by atoms with Gasteiger partial charge in [0.05, 0.1) is 5.69 Å². The third-order valence-electron chi connectivity index (χ3n) is 4.87. The molecule has 1 N–H and O–H groups in total. The lowest BCUT2D eigenvalue weighted by Crippen LogP contribution is -2.24. The lowest BCUT2D eigenvalue weighted by atomic mass is 9.98. The van der Waals surface area contributed by atoms with Crippen molar-refractivity contribution in [3.05, 3.63) is 10.6 Å². The van der Waals surface area contributed by atoms with Crippen LogP contribution in [0.15, 0.2) is 0 Å². The number of thiazole rings is 1. The van der Waals surface area contributed by atoms with Crippen LogP contribution in [0.2, 0.25) is 0 Å². The number of hydrogen-bond acceptors (Lipinski definition) is 4. The molecule has 3 rings (SSSR count). The van der Waals surface area contributed by atoms with Crippen molar-refractivity contribution in [1.82, 2.24) is 10.3 Å². The number of anilines is 1. The van der Waals surface area contributed by atoms with E-state index < -0.39 is 0 Å². The molecule has 21 heavy (non-hydrogen) atoms. The largest absolute Gasteiger partial charge is 0.348 e. The fraction of sp³-hybridized carbons (Fsp3) is 0.824. The summed E-state index contributed by atoms with van der Waals surface area (Å²) in [5.74, 6) is 0.878. The van der Waals surface area contributed by atoms with Crippen molar-refractivity contribution in [1.29, 1.82) is 0 Å². The molecule has 0 amide bonds. The van der Waals surface area contributed by atoms with Crippen molar-refractivity contribution in [3.8, 4) is 0 Å². The van der Waals surface area contributed by atoms with Gasteiger partial charge in [-0.25, -0.2) is 4.98 Å². The quantitative estimate of drug-likeness (QED) is 0.906. The zero-order valence-corrected chi connectivity index (χ0v) is 14.3. The molecule has 1 fully saturated rings. The Morgan fingerprint density at radius 2 is 2.14 bits per heavy atom. The molecule has 1 aliphatic carbocycles. The standard InChI is InChI=1S/C17H29N3S/c1-3-10-18-14-7-4-8-15-16(14)21-17(19-15)20-11-5-6-13(2)9-12-20/h13-14,18H,3-12H2,1-2H3. The highest BCUT2D eigenvalue weighted by molar-refractivity contribution is 7.15. The van der Waals surface area contributed by atoms with Gasteiger partial charge in [-0.3, -0.25) is 0 Å². The van der Waals surface area contributed by atoms with Crippen LogP contribution in [0.4, 0.5) is 5.13 Å². The molecule has 2 heterocycles. The Kier molecular flexibility index (Phi) is 5.17. The van der Waals surface area contributed by atoms with Crippen molar-refractivity contribution < 1.29 is 0 Å². The van der Waals surface area contributed by atoms with Gasteiger partial charge in [-0.2, -0.15) is 0 Å². The zero-order valence-electron chi connectivity index (χ0n) is 13.5. The Morgan fingerprint density at radius 1 is 1.24 bits per heavy atom. The molecule has 1 saturated heterocycles. The van der Waals surface area contributed by atoms with E-state index in [-0.39, 0.29) is 0 Å². The first-order chi connectivity index (χ1) is 10.3. The van der Waals surface area contributed by atoms with Gasteiger partial charge in [0.25, 0.3) is 0 Å². The van der Waals surface area contributed by atoms with E-state index in [0.717, 1.165) is 12.5 Å². The summed E-state index contributed by atoms with van der Waals surface area (Å²) in [6.45, 7) is 8.15. The second-order valence-electron chi connectivity index (χ2n) is 6.73. The SMILES string of the molecule is CCCNC1CCCc2nc(N3CCCC(C)CC3)sc21. The van der Waals surface area contributed by atoms with Crippen molar-refractivity contribution >= 4 is 16.5 Å². The summed E-state index contributed by atoms with van der Waals surface area (Å²) in [6, 6.07) is 0.561. The first-order valence-electron chi connectivity index (χ1n) is 8.76. The van der Waals surface area contributed by atoms with Crippen LogP contribution in [0, 0.1) is 5.92 Å². The molecule has 1 aliphatic heterocycles. The highest BCUT2D eigenvalue weighted by Crippen LogP contribution is 2.38. The summed E-state index contributed by atoms with van der Waals surface area (Å²) in [7, 11) is 0. The molecule has 0 bridgehead atoms. The van der Waals surface area contributed by atoms with Gasteiger partial charge in [-0.1, -0.05) is 25.2 Å². The van der Waals surface area contributed by atoms with Crippen LogP contribution in [-0.2, 0) is 6.42 Å². The van der Waals surface area contributed by atoms with Crippen LogP contribution >= 0.6 is 11.3 Å². The molecule has 2 atom stereocenters. The third kappa shape index (κ3) is 3.59. The molecule has 2 unspecified atom stereocenters. The molecule has 2 aliphatic rings. The van der Waals surface area contributed by atoms with Gasteiger partial charge in [0.1, 0.15) is 0 Å². The smallest absolute Gasteiger partial charge is 0.185 e. The first-order valence-corrected chi connectivity index (χ1v) is 9.57. The normalized spacial score (nSPS) is 26.5. The summed E-state index contributed by atoms with van der Waals surface area (Å²) in [4.78, 5) is 9.08. The maximum absolute atomic E-state index is 5.00. The molecule has 1 aromatic heterocycles. The van der Waals surface area contributed by atoms with Crippen LogP contribution in [0.1, 0.15) is 69.0 Å². The van der Waals surface area contributed by atoms with Crippen LogP contribution < -0.4 is 10.2 Å². The molecule has 0 spiro atoms. The van der Waals surface area contributed by atoms with E-state index in [0.29, 0.717) is 6.04 Å². The predicted molar refractivity (Wildman–Crippen MR) is 91.3 cm³/mol. The molecule has 0 saturated carbocycles. The number of hydrogen-bond donors (Lipinski definition) is 1. The first kappa shape index (κ1) is 15.3. The molecule has 4 heteroatoms.